The molecule has 2 rings (SSSR count). The number of carbonyl (C=O) groups is 1. The fraction of sp³-hybridized carbons (Fsp3) is 0.429. The number of amides is 1. The maximum absolute atomic E-state index is 13.2. The fourth-order valence-electron chi connectivity index (χ4n) is 2.50. The summed E-state index contributed by atoms with van der Waals surface area (Å²) in [6.07, 6.45) is -5.62. The molecule has 0 unspecified atom stereocenters. The van der Waals surface area contributed by atoms with Gasteiger partial charge in [-0.1, -0.05) is 12.1 Å². The maximum atomic E-state index is 13.2. The Morgan fingerprint density at radius 3 is 2.41 bits per heavy atom. The van der Waals surface area contributed by atoms with Crippen molar-refractivity contribution in [3.63, 3.8) is 0 Å². The highest BCUT2D eigenvalue weighted by molar-refractivity contribution is 5.65. The topological polar surface area (TPSA) is 67.6 Å². The summed E-state index contributed by atoms with van der Waals surface area (Å²) in [5.41, 5.74) is -1.26. The van der Waals surface area contributed by atoms with Crippen LogP contribution in [-0.2, 0) is 12.7 Å². The van der Waals surface area contributed by atoms with Crippen molar-refractivity contribution in [3.05, 3.63) is 34.9 Å². The standard InChI is InChI=1S/C14H14F3N3O2/c15-14(16,17)12-10(8-18)2-1-3-11(12)9-19-4-6-20(7-5-19)13(21)22/h1-3H,4-7,9H2,(H,21,22). The predicted molar refractivity (Wildman–Crippen MR) is 71.0 cm³/mol. The van der Waals surface area contributed by atoms with Gasteiger partial charge in [-0.2, -0.15) is 18.4 Å². The van der Waals surface area contributed by atoms with E-state index in [4.69, 9.17) is 10.4 Å². The minimum atomic E-state index is -4.59. The third-order valence-electron chi connectivity index (χ3n) is 3.59. The molecule has 0 saturated carbocycles. The van der Waals surface area contributed by atoms with Gasteiger partial charge in [0, 0.05) is 32.7 Å². The van der Waals surface area contributed by atoms with Crippen molar-refractivity contribution in [2.75, 3.05) is 26.2 Å². The van der Waals surface area contributed by atoms with Crippen LogP contribution in [0.4, 0.5) is 18.0 Å². The maximum Gasteiger partial charge on any atom is 0.417 e. The molecule has 0 spiro atoms. The van der Waals surface area contributed by atoms with Crippen molar-refractivity contribution in [1.82, 2.24) is 9.80 Å². The van der Waals surface area contributed by atoms with Gasteiger partial charge in [0.25, 0.3) is 0 Å². The summed E-state index contributed by atoms with van der Waals surface area (Å²) in [4.78, 5) is 13.8. The Kier molecular flexibility index (Phi) is 4.56. The van der Waals surface area contributed by atoms with E-state index in [2.05, 4.69) is 0 Å². The zero-order valence-electron chi connectivity index (χ0n) is 11.6. The second-order valence-corrected chi connectivity index (χ2v) is 5.00. The minimum absolute atomic E-state index is 0.0373. The second kappa shape index (κ2) is 6.23. The van der Waals surface area contributed by atoms with Crippen LogP contribution in [0.1, 0.15) is 16.7 Å². The van der Waals surface area contributed by atoms with Gasteiger partial charge in [0.15, 0.2) is 0 Å². The van der Waals surface area contributed by atoms with Crippen molar-refractivity contribution in [1.29, 1.82) is 5.26 Å². The Morgan fingerprint density at radius 1 is 1.27 bits per heavy atom. The zero-order chi connectivity index (χ0) is 16.3. The molecule has 1 N–H and O–H groups in total. The highest BCUT2D eigenvalue weighted by Crippen LogP contribution is 2.35. The highest BCUT2D eigenvalue weighted by atomic mass is 19.4. The Bertz CT molecular complexity index is 602. The molecule has 0 aromatic heterocycles. The Balaban J connectivity index is 2.18. The Hall–Kier alpha value is -2.27. The van der Waals surface area contributed by atoms with Crippen molar-refractivity contribution in [2.24, 2.45) is 0 Å². The van der Waals surface area contributed by atoms with Crippen LogP contribution in [0.5, 0.6) is 0 Å². The SMILES string of the molecule is N#Cc1cccc(CN2CCN(C(=O)O)CC2)c1C(F)(F)F. The molecule has 22 heavy (non-hydrogen) atoms. The summed E-state index contributed by atoms with van der Waals surface area (Å²) in [5.74, 6) is 0. The lowest BCUT2D eigenvalue weighted by atomic mass is 10.0. The van der Waals surface area contributed by atoms with Crippen molar-refractivity contribution in [3.8, 4) is 6.07 Å². The number of benzene rings is 1. The lowest BCUT2D eigenvalue weighted by Gasteiger charge is -2.33. The summed E-state index contributed by atoms with van der Waals surface area (Å²) < 4.78 is 39.5. The molecule has 1 aromatic rings. The average Bonchev–Trinajstić information content (AvgIpc) is 2.46. The molecule has 1 aliphatic heterocycles. The summed E-state index contributed by atoms with van der Waals surface area (Å²) in [6.45, 7) is 1.28. The molecule has 118 valence electrons. The van der Waals surface area contributed by atoms with Crippen LogP contribution in [0.15, 0.2) is 18.2 Å². The predicted octanol–water partition coefficient (Wildman–Crippen LogP) is 2.37. The Morgan fingerprint density at radius 2 is 1.91 bits per heavy atom. The smallest absolute Gasteiger partial charge is 0.417 e. The molecule has 1 fully saturated rings. The third-order valence-corrected chi connectivity index (χ3v) is 3.59. The molecule has 1 saturated heterocycles. The first-order chi connectivity index (χ1) is 10.3. The van der Waals surface area contributed by atoms with Crippen LogP contribution in [-0.4, -0.2) is 47.2 Å². The quantitative estimate of drug-likeness (QED) is 0.910. The van der Waals surface area contributed by atoms with E-state index in [1.165, 1.54) is 17.0 Å². The van der Waals surface area contributed by atoms with Crippen molar-refractivity contribution in [2.45, 2.75) is 12.7 Å². The summed E-state index contributed by atoms with van der Waals surface area (Å²) in [6, 6.07) is 5.51. The largest absolute Gasteiger partial charge is 0.465 e. The van der Waals surface area contributed by atoms with Gasteiger partial charge in [-0.25, -0.2) is 4.79 Å². The lowest BCUT2D eigenvalue weighted by Crippen LogP contribution is -2.47. The third kappa shape index (κ3) is 3.49. The monoisotopic (exact) mass is 313 g/mol. The lowest BCUT2D eigenvalue weighted by molar-refractivity contribution is -0.138. The molecule has 1 heterocycles. The number of rotatable bonds is 2. The first-order valence-corrected chi connectivity index (χ1v) is 6.62. The molecule has 8 heteroatoms. The number of nitriles is 1. The second-order valence-electron chi connectivity index (χ2n) is 5.00. The minimum Gasteiger partial charge on any atom is -0.465 e. The fourth-order valence-corrected chi connectivity index (χ4v) is 2.50. The van der Waals surface area contributed by atoms with Crippen molar-refractivity contribution < 1.29 is 23.1 Å². The number of alkyl halides is 3. The van der Waals surface area contributed by atoms with Gasteiger partial charge in [-0.05, 0) is 11.6 Å². The average molecular weight is 313 g/mol. The van der Waals surface area contributed by atoms with E-state index in [0.29, 0.717) is 13.1 Å². The molecule has 1 aromatic carbocycles. The molecular weight excluding hydrogens is 299 g/mol. The molecule has 1 aliphatic rings. The summed E-state index contributed by atoms with van der Waals surface area (Å²) in [5, 5.41) is 17.7. The first-order valence-electron chi connectivity index (χ1n) is 6.62. The van der Waals surface area contributed by atoms with E-state index in [1.54, 1.807) is 11.0 Å². The number of nitrogens with zero attached hydrogens (tertiary/aromatic N) is 3. The molecule has 0 aliphatic carbocycles. The van der Waals surface area contributed by atoms with Gasteiger partial charge < -0.3 is 10.0 Å². The summed E-state index contributed by atoms with van der Waals surface area (Å²) >= 11 is 0. The van der Waals surface area contributed by atoms with Gasteiger partial charge in [-0.15, -0.1) is 0 Å². The number of piperazine rings is 1. The van der Waals surface area contributed by atoms with Crippen LogP contribution in [0.3, 0.4) is 0 Å². The normalized spacial score (nSPS) is 16.4. The van der Waals surface area contributed by atoms with Gasteiger partial charge in [0.05, 0.1) is 17.2 Å². The molecule has 5 nitrogen and oxygen atoms in total. The van der Waals surface area contributed by atoms with Crippen LogP contribution in [0.2, 0.25) is 0 Å². The van der Waals surface area contributed by atoms with Crippen molar-refractivity contribution >= 4 is 6.09 Å². The summed E-state index contributed by atoms with van der Waals surface area (Å²) in [7, 11) is 0. The van der Waals surface area contributed by atoms with E-state index in [-0.39, 0.29) is 25.2 Å². The van der Waals surface area contributed by atoms with Gasteiger partial charge in [0.1, 0.15) is 0 Å². The zero-order valence-corrected chi connectivity index (χ0v) is 11.6. The van der Waals surface area contributed by atoms with Crippen LogP contribution < -0.4 is 0 Å². The molecule has 0 atom stereocenters. The van der Waals surface area contributed by atoms with E-state index in [9.17, 15) is 18.0 Å². The highest BCUT2D eigenvalue weighted by Gasteiger charge is 2.36. The van der Waals surface area contributed by atoms with Gasteiger partial charge in [-0.3, -0.25) is 4.90 Å². The molecule has 0 radical (unpaired) electrons. The van der Waals surface area contributed by atoms with E-state index < -0.39 is 23.4 Å². The molecule has 1 amide bonds. The number of carboxylic acid groups (broad SMARTS) is 1. The molecule has 0 bridgehead atoms. The Labute approximate surface area is 125 Å². The van der Waals surface area contributed by atoms with E-state index >= 15 is 0 Å². The van der Waals surface area contributed by atoms with Crippen LogP contribution >= 0.6 is 0 Å². The molecular formula is C14H14F3N3O2. The van der Waals surface area contributed by atoms with Gasteiger partial charge >= 0.3 is 12.3 Å². The number of halogens is 3. The first kappa shape index (κ1) is 16.1. The van der Waals surface area contributed by atoms with E-state index in [0.717, 1.165) is 6.07 Å². The van der Waals surface area contributed by atoms with Gasteiger partial charge in [0.2, 0.25) is 0 Å². The number of hydrogen-bond acceptors (Lipinski definition) is 3. The van der Waals surface area contributed by atoms with Crippen LogP contribution in [0, 0.1) is 11.3 Å². The van der Waals surface area contributed by atoms with E-state index in [1.807, 2.05) is 0 Å². The number of hydrogen-bond donors (Lipinski definition) is 1. The van der Waals surface area contributed by atoms with Crippen LogP contribution in [0.25, 0.3) is 0 Å².